The van der Waals surface area contributed by atoms with Gasteiger partial charge in [0.2, 0.25) is 11.9 Å². The third-order valence-electron chi connectivity index (χ3n) is 7.37. The second kappa shape index (κ2) is 13.5. The van der Waals surface area contributed by atoms with Crippen molar-refractivity contribution in [3.8, 4) is 11.3 Å². The van der Waals surface area contributed by atoms with Crippen molar-refractivity contribution in [1.29, 1.82) is 0 Å². The fourth-order valence-corrected chi connectivity index (χ4v) is 6.98. The Kier molecular flexibility index (Phi) is 9.64. The molecule has 1 aliphatic rings. The van der Waals surface area contributed by atoms with Crippen molar-refractivity contribution < 1.29 is 22.7 Å². The Morgan fingerprint density at radius 2 is 1.76 bits per heavy atom. The Bertz CT molecular complexity index is 1790. The van der Waals surface area contributed by atoms with Crippen LogP contribution < -0.4 is 16.0 Å². The lowest BCUT2D eigenvalue weighted by Crippen LogP contribution is -2.43. The van der Waals surface area contributed by atoms with E-state index in [0.29, 0.717) is 34.5 Å². The number of fused-ring (bicyclic) bond motifs is 1. The number of anilines is 1. The van der Waals surface area contributed by atoms with Gasteiger partial charge in [-0.1, -0.05) is 48.0 Å². The smallest absolute Gasteiger partial charge is 0.407 e. The monoisotopic (exact) mass is 652 g/mol. The molecule has 0 unspecified atom stereocenters. The summed E-state index contributed by atoms with van der Waals surface area (Å²) in [4.78, 5) is 33.7. The second-order valence-electron chi connectivity index (χ2n) is 12.0. The van der Waals surface area contributed by atoms with Crippen molar-refractivity contribution in [3.05, 3.63) is 72.0 Å². The van der Waals surface area contributed by atoms with E-state index in [1.807, 2.05) is 12.1 Å². The Morgan fingerprint density at radius 3 is 2.51 bits per heavy atom. The molecule has 5 rings (SSSR count). The fraction of sp³-hybridized carbons (Fsp3) is 0.375. The first kappa shape index (κ1) is 32.2. The lowest BCUT2D eigenvalue weighted by molar-refractivity contribution is -0.121. The van der Waals surface area contributed by atoms with Crippen LogP contribution in [0.1, 0.15) is 52.9 Å². The third-order valence-corrected chi connectivity index (χ3v) is 9.33. The van der Waals surface area contributed by atoms with Crippen molar-refractivity contribution >= 4 is 50.5 Å². The number of hydrogen-bond acceptors (Lipinski definition) is 8. The van der Waals surface area contributed by atoms with Gasteiger partial charge in [-0.2, -0.15) is 0 Å². The van der Waals surface area contributed by atoms with Crippen LogP contribution in [-0.2, 0) is 19.6 Å². The van der Waals surface area contributed by atoms with E-state index in [1.54, 1.807) is 69.4 Å². The molecule has 2 aromatic heterocycles. The summed E-state index contributed by atoms with van der Waals surface area (Å²) >= 11 is 6.59. The fourth-order valence-electron chi connectivity index (χ4n) is 5.40. The third kappa shape index (κ3) is 7.93. The Morgan fingerprint density at radius 1 is 1.04 bits per heavy atom. The molecular weight excluding hydrogens is 616 g/mol. The molecule has 0 bridgehead atoms. The number of nitrogens with zero attached hydrogens (tertiary/aromatic N) is 3. The summed E-state index contributed by atoms with van der Waals surface area (Å²) in [5.74, 6) is 0.208. The van der Waals surface area contributed by atoms with E-state index in [-0.39, 0.29) is 40.9 Å². The molecule has 3 N–H and O–H groups in total. The molecule has 4 aromatic rings. The van der Waals surface area contributed by atoms with E-state index in [2.05, 4.69) is 20.9 Å². The highest BCUT2D eigenvalue weighted by Crippen LogP contribution is 2.36. The molecule has 0 saturated heterocycles. The van der Waals surface area contributed by atoms with E-state index in [4.69, 9.17) is 21.3 Å². The van der Waals surface area contributed by atoms with E-state index in [1.165, 1.54) is 10.2 Å². The van der Waals surface area contributed by atoms with Crippen molar-refractivity contribution in [2.45, 2.75) is 75.5 Å². The van der Waals surface area contributed by atoms with E-state index >= 15 is 0 Å². The van der Waals surface area contributed by atoms with Crippen LogP contribution in [0.15, 0.2) is 71.9 Å². The number of rotatable bonds is 9. The van der Waals surface area contributed by atoms with Crippen LogP contribution in [0.2, 0.25) is 5.02 Å². The number of hydrogen-bond donors (Lipinski definition) is 3. The quantitative estimate of drug-likeness (QED) is 0.208. The highest BCUT2D eigenvalue weighted by molar-refractivity contribution is 7.90. The average molecular weight is 653 g/mol. The van der Waals surface area contributed by atoms with Crippen LogP contribution in [0.3, 0.4) is 0 Å². The molecule has 2 heterocycles. The van der Waals surface area contributed by atoms with Crippen LogP contribution in [0, 0.1) is 0 Å². The molecule has 2 atom stereocenters. The molecule has 1 saturated carbocycles. The van der Waals surface area contributed by atoms with E-state index in [9.17, 15) is 18.0 Å². The van der Waals surface area contributed by atoms with Gasteiger partial charge in [0, 0.05) is 42.2 Å². The van der Waals surface area contributed by atoms with Crippen LogP contribution >= 0.6 is 11.6 Å². The minimum absolute atomic E-state index is 0.00207. The van der Waals surface area contributed by atoms with Crippen molar-refractivity contribution in [2.24, 2.45) is 0 Å². The predicted octanol–water partition coefficient (Wildman–Crippen LogP) is 5.74. The molecule has 238 valence electrons. The lowest BCUT2D eigenvalue weighted by Gasteiger charge is -2.30. The van der Waals surface area contributed by atoms with Crippen molar-refractivity contribution in [2.75, 3.05) is 11.9 Å². The largest absolute Gasteiger partial charge is 0.444 e. The first-order chi connectivity index (χ1) is 21.4. The molecule has 2 aromatic carbocycles. The Hall–Kier alpha value is -4.16. The van der Waals surface area contributed by atoms with E-state index < -0.39 is 21.7 Å². The maximum Gasteiger partial charge on any atom is 0.407 e. The molecule has 45 heavy (non-hydrogen) atoms. The molecule has 0 spiro atoms. The molecule has 11 nitrogen and oxygen atoms in total. The highest BCUT2D eigenvalue weighted by Gasteiger charge is 2.26. The van der Waals surface area contributed by atoms with Gasteiger partial charge in [0.05, 0.1) is 27.3 Å². The molecule has 0 aliphatic heterocycles. The molecule has 2 amide bonds. The zero-order chi connectivity index (χ0) is 32.2. The summed E-state index contributed by atoms with van der Waals surface area (Å²) < 4.78 is 33.6. The van der Waals surface area contributed by atoms with Gasteiger partial charge in [-0.15, -0.1) is 0 Å². The van der Waals surface area contributed by atoms with Gasteiger partial charge < -0.3 is 20.7 Å². The van der Waals surface area contributed by atoms with Crippen molar-refractivity contribution in [3.63, 3.8) is 0 Å². The van der Waals surface area contributed by atoms with E-state index in [0.717, 1.165) is 19.3 Å². The highest BCUT2D eigenvalue weighted by atomic mass is 35.5. The van der Waals surface area contributed by atoms with Gasteiger partial charge in [-0.25, -0.2) is 27.2 Å². The Labute approximate surface area is 267 Å². The molecule has 13 heteroatoms. The van der Waals surface area contributed by atoms with Crippen LogP contribution in [0.5, 0.6) is 0 Å². The van der Waals surface area contributed by atoms with Crippen LogP contribution in [-0.4, -0.2) is 58.6 Å². The number of aromatic nitrogens is 3. The number of carbonyl (C=O) groups is 2. The van der Waals surface area contributed by atoms with Crippen molar-refractivity contribution in [1.82, 2.24) is 24.6 Å². The van der Waals surface area contributed by atoms with Gasteiger partial charge in [0.1, 0.15) is 5.60 Å². The number of carbonyl (C=O) groups excluding carboxylic acids is 2. The standard InChI is InChI=1S/C32H37ClN6O5S/c1-32(2,3)44-31(41)34-17-16-28(40)36-21-10-9-11-22(18-21)37-30-35-19-26(33)29(38-30)25-20-39(27-15-8-7-14-24(25)27)45(42,43)23-12-5-4-6-13-23/h4-8,12-15,19-22H,9-11,16-18H2,1-3H3,(H,34,41)(H,36,40)(H,35,37,38)/t21-,22+/m0/s1. The number of alkyl carbamates (subject to hydrolysis) is 1. The van der Waals surface area contributed by atoms with Gasteiger partial charge in [0.25, 0.3) is 10.0 Å². The van der Waals surface area contributed by atoms with Crippen LogP contribution in [0.25, 0.3) is 22.2 Å². The summed E-state index contributed by atoms with van der Waals surface area (Å²) in [6.07, 6.45) is 5.91. The van der Waals surface area contributed by atoms with Crippen LogP contribution in [0.4, 0.5) is 10.7 Å². The zero-order valence-corrected chi connectivity index (χ0v) is 27.0. The minimum atomic E-state index is -3.88. The second-order valence-corrected chi connectivity index (χ2v) is 14.2. The summed E-state index contributed by atoms with van der Waals surface area (Å²) in [5.41, 5.74) is 0.875. The van der Waals surface area contributed by atoms with Gasteiger partial charge in [-0.05, 0) is 64.7 Å². The number of amides is 2. The SMILES string of the molecule is CC(C)(C)OC(=O)NCCC(=O)N[C@H]1CCC[C@@H](Nc2ncc(Cl)c(-c3cn(S(=O)(=O)c4ccccc4)c4ccccc34)n2)C1. The molecule has 1 fully saturated rings. The molecular formula is C32H37ClN6O5S. The van der Waals surface area contributed by atoms with Gasteiger partial charge >= 0.3 is 6.09 Å². The molecule has 0 radical (unpaired) electrons. The first-order valence-corrected chi connectivity index (χ1v) is 16.7. The number of ether oxygens (including phenoxy) is 1. The van der Waals surface area contributed by atoms with Gasteiger partial charge in [0.15, 0.2) is 0 Å². The summed E-state index contributed by atoms with van der Waals surface area (Å²) in [5, 5.41) is 10.0. The average Bonchev–Trinajstić information content (AvgIpc) is 3.38. The number of nitrogens with one attached hydrogen (secondary N) is 3. The number of benzene rings is 2. The summed E-state index contributed by atoms with van der Waals surface area (Å²) in [7, 11) is -3.88. The Balaban J connectivity index is 1.28. The summed E-state index contributed by atoms with van der Waals surface area (Å²) in [6.45, 7) is 5.52. The maximum atomic E-state index is 13.6. The zero-order valence-electron chi connectivity index (χ0n) is 25.4. The lowest BCUT2D eigenvalue weighted by atomic mass is 9.91. The summed E-state index contributed by atoms with van der Waals surface area (Å²) in [6, 6.07) is 15.4. The molecule has 1 aliphatic carbocycles. The normalized spacial score (nSPS) is 17.1. The minimum Gasteiger partial charge on any atom is -0.444 e. The number of halogens is 1. The predicted molar refractivity (Wildman–Crippen MR) is 174 cm³/mol. The number of para-hydroxylation sites is 1. The first-order valence-electron chi connectivity index (χ1n) is 14.9. The topological polar surface area (TPSA) is 144 Å². The maximum absolute atomic E-state index is 13.6. The van der Waals surface area contributed by atoms with Gasteiger partial charge in [-0.3, -0.25) is 4.79 Å².